The molecule has 1 unspecified atom stereocenters. The highest BCUT2D eigenvalue weighted by atomic mass is 15.1. The number of rotatable bonds is 7. The van der Waals surface area contributed by atoms with Gasteiger partial charge in [0.25, 0.3) is 0 Å². The lowest BCUT2D eigenvalue weighted by Gasteiger charge is -2.35. The largest absolute Gasteiger partial charge is 0.328 e. The van der Waals surface area contributed by atoms with Crippen LogP contribution in [0.1, 0.15) is 65.2 Å². The molecule has 0 spiro atoms. The third-order valence-corrected chi connectivity index (χ3v) is 4.45. The van der Waals surface area contributed by atoms with Gasteiger partial charge in [-0.1, -0.05) is 33.1 Å². The average molecular weight is 240 g/mol. The maximum absolute atomic E-state index is 5.97. The molecule has 0 bridgehead atoms. The highest BCUT2D eigenvalue weighted by Crippen LogP contribution is 2.23. The predicted molar refractivity (Wildman–Crippen MR) is 76.2 cm³/mol. The van der Waals surface area contributed by atoms with Crippen LogP contribution in [0.3, 0.4) is 0 Å². The first-order valence-electron chi connectivity index (χ1n) is 7.63. The van der Waals surface area contributed by atoms with Gasteiger partial charge in [0.15, 0.2) is 0 Å². The van der Waals surface area contributed by atoms with Crippen molar-refractivity contribution in [3.8, 4) is 0 Å². The van der Waals surface area contributed by atoms with Gasteiger partial charge in [-0.05, 0) is 45.1 Å². The van der Waals surface area contributed by atoms with Crippen molar-refractivity contribution in [2.24, 2.45) is 11.7 Å². The lowest BCUT2D eigenvalue weighted by molar-refractivity contribution is 0.154. The van der Waals surface area contributed by atoms with Gasteiger partial charge >= 0.3 is 0 Å². The number of hydrogen-bond acceptors (Lipinski definition) is 2. The third-order valence-electron chi connectivity index (χ3n) is 4.45. The summed E-state index contributed by atoms with van der Waals surface area (Å²) in [5, 5.41) is 0. The molecule has 0 amide bonds. The highest BCUT2D eigenvalue weighted by Gasteiger charge is 2.23. The van der Waals surface area contributed by atoms with E-state index in [1.54, 1.807) is 0 Å². The summed E-state index contributed by atoms with van der Waals surface area (Å²) in [5.74, 6) is 0.899. The van der Waals surface area contributed by atoms with Crippen molar-refractivity contribution in [1.29, 1.82) is 0 Å². The van der Waals surface area contributed by atoms with E-state index in [0.717, 1.165) is 12.0 Å². The molecule has 1 atom stereocenters. The topological polar surface area (TPSA) is 29.3 Å². The highest BCUT2D eigenvalue weighted by molar-refractivity contribution is 4.80. The van der Waals surface area contributed by atoms with E-state index in [1.807, 2.05) is 0 Å². The molecule has 1 fully saturated rings. The lowest BCUT2D eigenvalue weighted by atomic mass is 9.90. The van der Waals surface area contributed by atoms with Gasteiger partial charge in [-0.2, -0.15) is 0 Å². The molecule has 2 N–H and O–H groups in total. The number of unbranched alkanes of at least 4 members (excludes halogenated alkanes) is 1. The normalized spacial score (nSPS) is 27.4. The van der Waals surface area contributed by atoms with Gasteiger partial charge in [0.1, 0.15) is 0 Å². The van der Waals surface area contributed by atoms with E-state index >= 15 is 0 Å². The molecule has 0 aromatic heterocycles. The van der Waals surface area contributed by atoms with Crippen molar-refractivity contribution in [2.75, 3.05) is 13.6 Å². The Labute approximate surface area is 108 Å². The molecule has 0 saturated heterocycles. The quantitative estimate of drug-likeness (QED) is 0.739. The molecule has 0 aromatic carbocycles. The van der Waals surface area contributed by atoms with E-state index in [0.29, 0.717) is 6.04 Å². The van der Waals surface area contributed by atoms with Gasteiger partial charge in [0.05, 0.1) is 0 Å². The lowest BCUT2D eigenvalue weighted by Crippen LogP contribution is -2.40. The van der Waals surface area contributed by atoms with Gasteiger partial charge < -0.3 is 10.6 Å². The fraction of sp³-hybridized carbons (Fsp3) is 1.00. The first-order chi connectivity index (χ1) is 8.17. The van der Waals surface area contributed by atoms with Crippen LogP contribution in [0.15, 0.2) is 0 Å². The minimum Gasteiger partial charge on any atom is -0.328 e. The van der Waals surface area contributed by atoms with Crippen LogP contribution in [-0.2, 0) is 0 Å². The Balaban J connectivity index is 2.28. The van der Waals surface area contributed by atoms with Crippen molar-refractivity contribution in [2.45, 2.75) is 77.3 Å². The fourth-order valence-electron chi connectivity index (χ4n) is 3.02. The van der Waals surface area contributed by atoms with E-state index < -0.39 is 0 Å². The first kappa shape index (κ1) is 15.0. The standard InChI is InChI=1S/C15H32N2/c1-4-6-7-13(5-2)12-17(3)15-10-8-14(16)9-11-15/h13-15H,4-12,16H2,1-3H3. The first-order valence-corrected chi connectivity index (χ1v) is 7.63. The molecule has 102 valence electrons. The van der Waals surface area contributed by atoms with Crippen LogP contribution in [0.5, 0.6) is 0 Å². The predicted octanol–water partition coefficient (Wildman–Crippen LogP) is 3.40. The Morgan fingerprint density at radius 1 is 1.18 bits per heavy atom. The monoisotopic (exact) mass is 240 g/mol. The molecule has 0 radical (unpaired) electrons. The summed E-state index contributed by atoms with van der Waals surface area (Å²) in [6.45, 7) is 5.92. The minimum absolute atomic E-state index is 0.474. The summed E-state index contributed by atoms with van der Waals surface area (Å²) in [6, 6.07) is 1.27. The van der Waals surface area contributed by atoms with Crippen LogP contribution in [0.25, 0.3) is 0 Å². The van der Waals surface area contributed by atoms with E-state index in [9.17, 15) is 0 Å². The number of nitrogens with zero attached hydrogens (tertiary/aromatic N) is 1. The maximum atomic E-state index is 5.97. The molecular weight excluding hydrogens is 208 g/mol. The molecule has 1 saturated carbocycles. The van der Waals surface area contributed by atoms with Crippen LogP contribution >= 0.6 is 0 Å². The number of hydrogen-bond donors (Lipinski definition) is 1. The zero-order chi connectivity index (χ0) is 12.7. The Hall–Kier alpha value is -0.0800. The molecule has 0 aliphatic heterocycles. The van der Waals surface area contributed by atoms with Gasteiger partial charge in [-0.3, -0.25) is 0 Å². The van der Waals surface area contributed by atoms with E-state index in [2.05, 4.69) is 25.8 Å². The summed E-state index contributed by atoms with van der Waals surface area (Å²) in [6.07, 6.45) is 10.5. The Kier molecular flexibility index (Phi) is 7.14. The van der Waals surface area contributed by atoms with Crippen LogP contribution in [0, 0.1) is 5.92 Å². The summed E-state index contributed by atoms with van der Waals surface area (Å²) in [5.41, 5.74) is 5.97. The smallest absolute Gasteiger partial charge is 0.00934 e. The Bertz CT molecular complexity index is 185. The Morgan fingerprint density at radius 2 is 1.82 bits per heavy atom. The van der Waals surface area contributed by atoms with Crippen molar-refractivity contribution in [3.05, 3.63) is 0 Å². The second kappa shape index (κ2) is 8.10. The van der Waals surface area contributed by atoms with Crippen molar-refractivity contribution >= 4 is 0 Å². The second-order valence-electron chi connectivity index (χ2n) is 5.92. The fourth-order valence-corrected chi connectivity index (χ4v) is 3.02. The van der Waals surface area contributed by atoms with Crippen molar-refractivity contribution < 1.29 is 0 Å². The molecule has 1 aliphatic carbocycles. The average Bonchev–Trinajstić information content (AvgIpc) is 2.35. The second-order valence-corrected chi connectivity index (χ2v) is 5.92. The van der Waals surface area contributed by atoms with Gasteiger partial charge in [0.2, 0.25) is 0 Å². The summed E-state index contributed by atoms with van der Waals surface area (Å²) < 4.78 is 0. The zero-order valence-corrected chi connectivity index (χ0v) is 12.1. The van der Waals surface area contributed by atoms with Crippen LogP contribution in [-0.4, -0.2) is 30.6 Å². The van der Waals surface area contributed by atoms with E-state index in [-0.39, 0.29) is 0 Å². The van der Waals surface area contributed by atoms with Gasteiger partial charge in [0, 0.05) is 18.6 Å². The van der Waals surface area contributed by atoms with Crippen LogP contribution < -0.4 is 5.73 Å². The Morgan fingerprint density at radius 3 is 2.35 bits per heavy atom. The van der Waals surface area contributed by atoms with Gasteiger partial charge in [-0.15, -0.1) is 0 Å². The third kappa shape index (κ3) is 5.39. The van der Waals surface area contributed by atoms with Crippen LogP contribution in [0.2, 0.25) is 0 Å². The summed E-state index contributed by atoms with van der Waals surface area (Å²) >= 11 is 0. The molecular formula is C15H32N2. The summed E-state index contributed by atoms with van der Waals surface area (Å²) in [7, 11) is 2.32. The minimum atomic E-state index is 0.474. The van der Waals surface area contributed by atoms with E-state index in [4.69, 9.17) is 5.73 Å². The van der Waals surface area contributed by atoms with E-state index in [1.165, 1.54) is 57.9 Å². The SMILES string of the molecule is CCCCC(CC)CN(C)C1CCC(N)CC1. The van der Waals surface area contributed by atoms with Gasteiger partial charge in [-0.25, -0.2) is 0 Å². The molecule has 17 heavy (non-hydrogen) atoms. The zero-order valence-electron chi connectivity index (χ0n) is 12.1. The van der Waals surface area contributed by atoms with Crippen LogP contribution in [0.4, 0.5) is 0 Å². The summed E-state index contributed by atoms with van der Waals surface area (Å²) in [4.78, 5) is 2.61. The van der Waals surface area contributed by atoms with Crippen molar-refractivity contribution in [1.82, 2.24) is 4.90 Å². The molecule has 1 aliphatic rings. The molecule has 0 aromatic rings. The number of nitrogens with two attached hydrogens (primary N) is 1. The maximum Gasteiger partial charge on any atom is 0.00934 e. The molecule has 1 rings (SSSR count). The molecule has 0 heterocycles. The molecule has 2 nitrogen and oxygen atoms in total. The molecule has 2 heteroatoms. The van der Waals surface area contributed by atoms with Crippen molar-refractivity contribution in [3.63, 3.8) is 0 Å².